The fourth-order valence-corrected chi connectivity index (χ4v) is 2.73. The van der Waals surface area contributed by atoms with Crippen LogP contribution in [-0.4, -0.2) is 10.5 Å². The van der Waals surface area contributed by atoms with Gasteiger partial charge in [-0.25, -0.2) is 0 Å². The van der Waals surface area contributed by atoms with Gasteiger partial charge in [0.15, 0.2) is 0 Å². The number of carbonyl (C=O) groups excluding carboxylic acids is 1. The van der Waals surface area contributed by atoms with E-state index in [4.69, 9.17) is 0 Å². The maximum Gasteiger partial charge on any atom is 0.244 e. The SMILES string of the molecule is O=C1Cn2cccc2Sc2ccccc2N1. The molecular weight excluding hydrogens is 220 g/mol. The fourth-order valence-electron chi connectivity index (χ4n) is 1.74. The highest BCUT2D eigenvalue weighted by molar-refractivity contribution is 7.99. The van der Waals surface area contributed by atoms with E-state index >= 15 is 0 Å². The van der Waals surface area contributed by atoms with Gasteiger partial charge in [0.2, 0.25) is 5.91 Å². The van der Waals surface area contributed by atoms with Gasteiger partial charge in [-0.2, -0.15) is 0 Å². The number of nitrogens with zero attached hydrogens (tertiary/aromatic N) is 1. The van der Waals surface area contributed by atoms with Gasteiger partial charge in [-0.05, 0) is 24.3 Å². The van der Waals surface area contributed by atoms with Crippen LogP contribution < -0.4 is 5.32 Å². The fraction of sp³-hybridized carbons (Fsp3) is 0.0833. The lowest BCUT2D eigenvalue weighted by Gasteiger charge is -2.16. The minimum absolute atomic E-state index is 0.0187. The molecule has 1 aromatic carbocycles. The smallest absolute Gasteiger partial charge is 0.244 e. The Bertz CT molecular complexity index is 547. The number of carbonyl (C=O) groups is 1. The molecule has 0 aliphatic carbocycles. The summed E-state index contributed by atoms with van der Waals surface area (Å²) in [6, 6.07) is 11.8. The molecule has 3 rings (SSSR count). The number of anilines is 1. The first kappa shape index (κ1) is 9.54. The van der Waals surface area contributed by atoms with Crippen LogP contribution in [0.15, 0.2) is 52.5 Å². The number of nitrogens with one attached hydrogen (secondary N) is 1. The molecule has 4 heteroatoms. The Kier molecular flexibility index (Phi) is 2.22. The standard InChI is InChI=1S/C12H10N2OS/c15-11-8-14-7-3-6-12(14)16-10-5-2-1-4-9(10)13-11/h1-7H,8H2,(H,13,15). The van der Waals surface area contributed by atoms with E-state index in [1.807, 2.05) is 47.2 Å². The molecule has 2 aromatic rings. The first-order valence-electron chi connectivity index (χ1n) is 5.05. The second-order valence-electron chi connectivity index (χ2n) is 3.62. The Labute approximate surface area is 97.5 Å². The topological polar surface area (TPSA) is 34.0 Å². The van der Waals surface area contributed by atoms with E-state index in [1.165, 1.54) is 0 Å². The number of benzene rings is 1. The molecule has 80 valence electrons. The van der Waals surface area contributed by atoms with Gasteiger partial charge in [-0.15, -0.1) is 0 Å². The normalized spacial score (nSPS) is 14.4. The Morgan fingerprint density at radius 1 is 1.19 bits per heavy atom. The summed E-state index contributed by atoms with van der Waals surface area (Å²) in [7, 11) is 0. The summed E-state index contributed by atoms with van der Waals surface area (Å²) in [6.45, 7) is 0.379. The average Bonchev–Trinajstić information content (AvgIpc) is 2.65. The second-order valence-corrected chi connectivity index (χ2v) is 4.68. The Hall–Kier alpha value is -1.68. The number of rotatable bonds is 0. The van der Waals surface area contributed by atoms with Crippen LogP contribution in [0, 0.1) is 0 Å². The van der Waals surface area contributed by atoms with E-state index < -0.39 is 0 Å². The second kappa shape index (κ2) is 3.72. The highest BCUT2D eigenvalue weighted by Crippen LogP contribution is 2.34. The number of aromatic nitrogens is 1. The van der Waals surface area contributed by atoms with Crippen LogP contribution in [-0.2, 0) is 11.3 Å². The third-order valence-electron chi connectivity index (χ3n) is 2.48. The van der Waals surface area contributed by atoms with Gasteiger partial charge in [0.25, 0.3) is 0 Å². The molecule has 0 fully saturated rings. The van der Waals surface area contributed by atoms with Crippen molar-refractivity contribution in [3.8, 4) is 0 Å². The number of fused-ring (bicyclic) bond motifs is 2. The third kappa shape index (κ3) is 1.61. The summed E-state index contributed by atoms with van der Waals surface area (Å²) in [4.78, 5) is 12.8. The Morgan fingerprint density at radius 2 is 2.06 bits per heavy atom. The van der Waals surface area contributed by atoms with E-state index in [9.17, 15) is 4.79 Å². The van der Waals surface area contributed by atoms with Gasteiger partial charge >= 0.3 is 0 Å². The molecule has 1 amide bonds. The molecule has 0 atom stereocenters. The lowest BCUT2D eigenvalue weighted by molar-refractivity contribution is -0.116. The Morgan fingerprint density at radius 3 is 3.00 bits per heavy atom. The van der Waals surface area contributed by atoms with E-state index in [2.05, 4.69) is 5.32 Å². The first-order valence-corrected chi connectivity index (χ1v) is 5.86. The molecule has 2 heterocycles. The third-order valence-corrected chi connectivity index (χ3v) is 3.63. The van der Waals surface area contributed by atoms with Crippen LogP contribution in [0.2, 0.25) is 0 Å². The Balaban J connectivity index is 2.11. The highest BCUT2D eigenvalue weighted by atomic mass is 32.2. The van der Waals surface area contributed by atoms with Crippen molar-refractivity contribution in [3.05, 3.63) is 42.6 Å². The van der Waals surface area contributed by atoms with E-state index in [0.717, 1.165) is 15.6 Å². The molecule has 0 spiro atoms. The molecule has 0 saturated heterocycles. The number of hydrogen-bond donors (Lipinski definition) is 1. The van der Waals surface area contributed by atoms with Gasteiger partial charge in [0.1, 0.15) is 6.54 Å². The molecule has 1 aromatic heterocycles. The van der Waals surface area contributed by atoms with Crippen molar-refractivity contribution in [2.75, 3.05) is 5.32 Å². The quantitative estimate of drug-likeness (QED) is 0.754. The van der Waals surface area contributed by atoms with Crippen molar-refractivity contribution in [3.63, 3.8) is 0 Å². The predicted octanol–water partition coefficient (Wildman–Crippen LogP) is 2.59. The molecule has 0 saturated carbocycles. The molecule has 0 radical (unpaired) electrons. The van der Waals surface area contributed by atoms with E-state index in [0.29, 0.717) is 6.54 Å². The van der Waals surface area contributed by atoms with Gasteiger partial charge < -0.3 is 9.88 Å². The maximum atomic E-state index is 11.7. The first-order chi connectivity index (χ1) is 7.83. The number of amides is 1. The zero-order valence-electron chi connectivity index (χ0n) is 8.51. The van der Waals surface area contributed by atoms with Crippen molar-refractivity contribution in [2.45, 2.75) is 16.5 Å². The van der Waals surface area contributed by atoms with Crippen LogP contribution in [0.4, 0.5) is 5.69 Å². The van der Waals surface area contributed by atoms with E-state index in [1.54, 1.807) is 11.8 Å². The van der Waals surface area contributed by atoms with Crippen molar-refractivity contribution < 1.29 is 4.79 Å². The average molecular weight is 230 g/mol. The molecular formula is C12H10N2OS. The molecule has 1 aliphatic heterocycles. The van der Waals surface area contributed by atoms with Gasteiger partial charge in [-0.1, -0.05) is 23.9 Å². The molecule has 0 unspecified atom stereocenters. The molecule has 3 nitrogen and oxygen atoms in total. The zero-order valence-corrected chi connectivity index (χ0v) is 9.33. The van der Waals surface area contributed by atoms with Gasteiger partial charge in [0.05, 0.1) is 10.7 Å². The van der Waals surface area contributed by atoms with Gasteiger partial charge in [0, 0.05) is 11.1 Å². The monoisotopic (exact) mass is 230 g/mol. The van der Waals surface area contributed by atoms with Gasteiger partial charge in [-0.3, -0.25) is 4.79 Å². The van der Waals surface area contributed by atoms with Crippen molar-refractivity contribution in [2.24, 2.45) is 0 Å². The predicted molar refractivity (Wildman–Crippen MR) is 63.6 cm³/mol. The summed E-state index contributed by atoms with van der Waals surface area (Å²) >= 11 is 1.67. The summed E-state index contributed by atoms with van der Waals surface area (Å²) < 4.78 is 1.95. The highest BCUT2D eigenvalue weighted by Gasteiger charge is 2.14. The molecule has 16 heavy (non-hydrogen) atoms. The number of hydrogen-bond acceptors (Lipinski definition) is 2. The summed E-state index contributed by atoms with van der Waals surface area (Å²) in [5.74, 6) is 0.0187. The van der Waals surface area contributed by atoms with Crippen molar-refractivity contribution in [1.29, 1.82) is 0 Å². The van der Waals surface area contributed by atoms with Crippen LogP contribution >= 0.6 is 11.8 Å². The minimum Gasteiger partial charge on any atom is -0.333 e. The number of para-hydroxylation sites is 1. The zero-order chi connectivity index (χ0) is 11.0. The van der Waals surface area contributed by atoms with Crippen LogP contribution in [0.3, 0.4) is 0 Å². The van der Waals surface area contributed by atoms with Crippen LogP contribution in [0.25, 0.3) is 0 Å². The van der Waals surface area contributed by atoms with Crippen molar-refractivity contribution >= 4 is 23.4 Å². The summed E-state index contributed by atoms with van der Waals surface area (Å²) in [5.41, 5.74) is 0.893. The van der Waals surface area contributed by atoms with Crippen molar-refractivity contribution in [1.82, 2.24) is 4.57 Å². The molecule has 1 aliphatic rings. The maximum absolute atomic E-state index is 11.7. The molecule has 1 N–H and O–H groups in total. The largest absolute Gasteiger partial charge is 0.333 e. The van der Waals surface area contributed by atoms with Crippen LogP contribution in [0.1, 0.15) is 0 Å². The molecule has 0 bridgehead atoms. The van der Waals surface area contributed by atoms with Crippen LogP contribution in [0.5, 0.6) is 0 Å². The lowest BCUT2D eigenvalue weighted by atomic mass is 10.3. The lowest BCUT2D eigenvalue weighted by Crippen LogP contribution is -2.20. The summed E-state index contributed by atoms with van der Waals surface area (Å²) in [6.07, 6.45) is 1.93. The minimum atomic E-state index is 0.0187. The van der Waals surface area contributed by atoms with E-state index in [-0.39, 0.29) is 5.91 Å². The summed E-state index contributed by atoms with van der Waals surface area (Å²) in [5, 5.41) is 4.01.